The van der Waals surface area contributed by atoms with Crippen LogP contribution in [0.25, 0.3) is 0 Å². The number of aliphatic carboxylic acids is 1. The summed E-state index contributed by atoms with van der Waals surface area (Å²) in [5.74, 6) is -0.338. The average Bonchev–Trinajstić information content (AvgIpc) is 2.50. The molecule has 0 spiro atoms. The van der Waals surface area contributed by atoms with Crippen molar-refractivity contribution in [1.82, 2.24) is 0 Å². The molecule has 0 aliphatic heterocycles. The third kappa shape index (κ3) is 2.31. The van der Waals surface area contributed by atoms with E-state index in [0.717, 1.165) is 37.7 Å². The first-order valence-electron chi connectivity index (χ1n) is 8.94. The Morgan fingerprint density at radius 1 is 1.30 bits per heavy atom. The molecule has 3 heteroatoms. The summed E-state index contributed by atoms with van der Waals surface area (Å²) in [4.78, 5) is 12.0. The van der Waals surface area contributed by atoms with Gasteiger partial charge in [-0.3, -0.25) is 4.79 Å². The second-order valence-corrected chi connectivity index (χ2v) is 8.83. The van der Waals surface area contributed by atoms with Crippen LogP contribution in [0, 0.1) is 28.1 Å². The third-order valence-electron chi connectivity index (χ3n) is 7.44. The molecule has 0 aromatic heterocycles. The monoisotopic (exact) mass is 318 g/mol. The van der Waals surface area contributed by atoms with E-state index in [2.05, 4.69) is 26.5 Å². The minimum atomic E-state index is -0.710. The van der Waals surface area contributed by atoms with E-state index < -0.39 is 17.5 Å². The molecule has 0 aromatic rings. The molecular weight excluding hydrogens is 288 g/mol. The molecule has 23 heavy (non-hydrogen) atoms. The third-order valence-corrected chi connectivity index (χ3v) is 7.44. The Morgan fingerprint density at radius 3 is 2.61 bits per heavy atom. The number of carboxylic acids is 1. The lowest BCUT2D eigenvalue weighted by Crippen LogP contribution is -2.57. The highest BCUT2D eigenvalue weighted by atomic mass is 16.4. The maximum absolute atomic E-state index is 12.0. The number of carboxylic acid groups (broad SMARTS) is 1. The van der Waals surface area contributed by atoms with Gasteiger partial charge in [-0.1, -0.05) is 32.4 Å². The van der Waals surface area contributed by atoms with E-state index in [-0.39, 0.29) is 16.7 Å². The summed E-state index contributed by atoms with van der Waals surface area (Å²) < 4.78 is 0. The molecule has 0 saturated heterocycles. The Hall–Kier alpha value is -1.09. The molecule has 128 valence electrons. The summed E-state index contributed by atoms with van der Waals surface area (Å²) in [7, 11) is 0. The van der Waals surface area contributed by atoms with E-state index in [4.69, 9.17) is 0 Å². The van der Waals surface area contributed by atoms with Gasteiger partial charge in [-0.05, 0) is 61.9 Å². The predicted octanol–water partition coefficient (Wildman–Crippen LogP) is 4.18. The number of carbonyl (C=O) groups is 1. The molecule has 0 radical (unpaired) electrons. The van der Waals surface area contributed by atoms with Crippen LogP contribution in [0.4, 0.5) is 0 Å². The van der Waals surface area contributed by atoms with Crippen LogP contribution in [0.15, 0.2) is 24.3 Å². The van der Waals surface area contributed by atoms with Gasteiger partial charge < -0.3 is 10.2 Å². The molecule has 2 N–H and O–H groups in total. The van der Waals surface area contributed by atoms with E-state index >= 15 is 0 Å². The Labute approximate surface area is 139 Å². The molecule has 0 aromatic carbocycles. The van der Waals surface area contributed by atoms with Crippen molar-refractivity contribution in [2.75, 3.05) is 0 Å². The zero-order valence-electron chi connectivity index (χ0n) is 14.6. The standard InChI is InChI=1S/C20H30O3/c1-5-18(2)10-7-14-13(12-18)15(21)11-16-19(14,3)8-6-9-20(16,4)17(22)23/h5,12,14-16,21H,1,6-11H2,2-4H3,(H,22,23)/t14-,15+,16+,18-,19-,20+/m0/s1. The van der Waals surface area contributed by atoms with Crippen molar-refractivity contribution in [3.63, 3.8) is 0 Å². The van der Waals surface area contributed by atoms with Crippen molar-refractivity contribution in [3.8, 4) is 0 Å². The van der Waals surface area contributed by atoms with Crippen molar-refractivity contribution in [2.24, 2.45) is 28.1 Å². The Bertz CT molecular complexity index is 565. The van der Waals surface area contributed by atoms with Crippen molar-refractivity contribution >= 4 is 5.97 Å². The maximum Gasteiger partial charge on any atom is 0.309 e. The van der Waals surface area contributed by atoms with Crippen LogP contribution >= 0.6 is 0 Å². The summed E-state index contributed by atoms with van der Waals surface area (Å²) in [6.45, 7) is 10.3. The zero-order valence-corrected chi connectivity index (χ0v) is 14.6. The molecule has 0 heterocycles. The Morgan fingerprint density at radius 2 is 2.00 bits per heavy atom. The van der Waals surface area contributed by atoms with Crippen molar-refractivity contribution in [3.05, 3.63) is 24.3 Å². The molecule has 2 saturated carbocycles. The number of rotatable bonds is 2. The van der Waals surface area contributed by atoms with E-state index in [9.17, 15) is 15.0 Å². The summed E-state index contributed by atoms with van der Waals surface area (Å²) in [5, 5.41) is 20.6. The van der Waals surface area contributed by atoms with Crippen LogP contribution in [-0.4, -0.2) is 22.3 Å². The van der Waals surface area contributed by atoms with Crippen LogP contribution in [0.3, 0.4) is 0 Å². The molecule has 3 aliphatic carbocycles. The molecule has 2 fully saturated rings. The van der Waals surface area contributed by atoms with E-state index in [0.29, 0.717) is 12.3 Å². The SMILES string of the molecule is C=C[C@]1(C)C=C2[C@H](O)C[C@@H]3[C@@](C)(CCC[C@@]3(C)C(=O)O)[C@H]2CC1. The van der Waals surface area contributed by atoms with Crippen LogP contribution < -0.4 is 0 Å². The highest BCUT2D eigenvalue weighted by molar-refractivity contribution is 5.75. The van der Waals surface area contributed by atoms with E-state index in [1.807, 2.05) is 13.0 Å². The van der Waals surface area contributed by atoms with Crippen LogP contribution in [0.1, 0.15) is 59.3 Å². The number of fused-ring (bicyclic) bond motifs is 3. The summed E-state index contributed by atoms with van der Waals surface area (Å²) >= 11 is 0. The quantitative estimate of drug-likeness (QED) is 0.751. The number of aliphatic hydroxyl groups is 1. The van der Waals surface area contributed by atoms with Gasteiger partial charge in [-0.2, -0.15) is 0 Å². The normalized spacial score (nSPS) is 49.6. The first-order valence-corrected chi connectivity index (χ1v) is 8.94. The van der Waals surface area contributed by atoms with Gasteiger partial charge in [0, 0.05) is 5.41 Å². The molecule has 6 atom stereocenters. The minimum Gasteiger partial charge on any atom is -0.481 e. The van der Waals surface area contributed by atoms with E-state index in [1.165, 1.54) is 0 Å². The van der Waals surface area contributed by atoms with Gasteiger partial charge in [-0.15, -0.1) is 6.58 Å². The van der Waals surface area contributed by atoms with Gasteiger partial charge >= 0.3 is 5.97 Å². The summed E-state index contributed by atoms with van der Waals surface area (Å²) in [6, 6.07) is 0. The maximum atomic E-state index is 12.0. The summed E-state index contributed by atoms with van der Waals surface area (Å²) in [6.07, 6.45) is 9.10. The molecule has 0 bridgehead atoms. The van der Waals surface area contributed by atoms with Gasteiger partial charge in [0.15, 0.2) is 0 Å². The lowest BCUT2D eigenvalue weighted by atomic mass is 9.44. The van der Waals surface area contributed by atoms with Gasteiger partial charge in [0.1, 0.15) is 0 Å². The molecule has 3 nitrogen and oxygen atoms in total. The van der Waals surface area contributed by atoms with Gasteiger partial charge in [-0.25, -0.2) is 0 Å². The average molecular weight is 318 g/mol. The second kappa shape index (κ2) is 5.20. The zero-order chi connectivity index (χ0) is 17.0. The van der Waals surface area contributed by atoms with Gasteiger partial charge in [0.2, 0.25) is 0 Å². The van der Waals surface area contributed by atoms with Gasteiger partial charge in [0.25, 0.3) is 0 Å². The minimum absolute atomic E-state index is 0.0149. The topological polar surface area (TPSA) is 57.5 Å². The number of hydrogen-bond donors (Lipinski definition) is 2. The fourth-order valence-electron chi connectivity index (χ4n) is 5.85. The van der Waals surface area contributed by atoms with Crippen molar-refractivity contribution in [2.45, 2.75) is 65.4 Å². The fourth-order valence-corrected chi connectivity index (χ4v) is 5.85. The number of hydrogen-bond acceptors (Lipinski definition) is 2. The Balaban J connectivity index is 2.05. The van der Waals surface area contributed by atoms with Crippen molar-refractivity contribution in [1.29, 1.82) is 0 Å². The highest BCUT2D eigenvalue weighted by Crippen LogP contribution is 2.63. The number of aliphatic hydroxyl groups excluding tert-OH is 1. The van der Waals surface area contributed by atoms with Crippen LogP contribution in [0.2, 0.25) is 0 Å². The lowest BCUT2D eigenvalue weighted by Gasteiger charge is -2.60. The molecular formula is C20H30O3. The fraction of sp³-hybridized carbons (Fsp3) is 0.750. The van der Waals surface area contributed by atoms with Crippen LogP contribution in [-0.2, 0) is 4.79 Å². The molecule has 3 rings (SSSR count). The highest BCUT2D eigenvalue weighted by Gasteiger charge is 2.60. The molecule has 0 amide bonds. The number of allylic oxidation sites excluding steroid dienone is 2. The lowest BCUT2D eigenvalue weighted by molar-refractivity contribution is -0.168. The first-order chi connectivity index (χ1) is 10.7. The predicted molar refractivity (Wildman–Crippen MR) is 90.9 cm³/mol. The molecule has 3 aliphatic rings. The smallest absolute Gasteiger partial charge is 0.309 e. The van der Waals surface area contributed by atoms with Crippen LogP contribution in [0.5, 0.6) is 0 Å². The Kier molecular flexibility index (Phi) is 3.79. The van der Waals surface area contributed by atoms with Crippen molar-refractivity contribution < 1.29 is 15.0 Å². The van der Waals surface area contributed by atoms with E-state index in [1.54, 1.807) is 0 Å². The van der Waals surface area contributed by atoms with Gasteiger partial charge in [0.05, 0.1) is 11.5 Å². The largest absolute Gasteiger partial charge is 0.481 e. The molecule has 0 unspecified atom stereocenters. The first kappa shape index (κ1) is 16.8. The summed E-state index contributed by atoms with van der Waals surface area (Å²) in [5.41, 5.74) is 0.380. The second-order valence-electron chi connectivity index (χ2n) is 8.83.